The Morgan fingerprint density at radius 1 is 0.950 bits per heavy atom. The molecule has 5 rings (SSSR count). The molecule has 40 heavy (non-hydrogen) atoms. The van der Waals surface area contributed by atoms with Gasteiger partial charge in [-0.2, -0.15) is 0 Å². The fourth-order valence-electron chi connectivity index (χ4n) is 5.53. The van der Waals surface area contributed by atoms with Crippen molar-refractivity contribution in [3.05, 3.63) is 93.8 Å². The van der Waals surface area contributed by atoms with Crippen LogP contribution in [0.4, 0.5) is 0 Å². The van der Waals surface area contributed by atoms with Gasteiger partial charge in [0.2, 0.25) is 0 Å². The lowest BCUT2D eigenvalue weighted by Gasteiger charge is -2.37. The molecule has 0 radical (unpaired) electrons. The molecular formula is C34H40N2O4. The minimum atomic E-state index is -0.0559. The second kappa shape index (κ2) is 12.7. The first-order chi connectivity index (χ1) is 19.4. The summed E-state index contributed by atoms with van der Waals surface area (Å²) in [5, 5.41) is 0.546. The van der Waals surface area contributed by atoms with Gasteiger partial charge in [0.15, 0.2) is 5.43 Å². The number of piperidine rings is 1. The van der Waals surface area contributed by atoms with Gasteiger partial charge in [-0.25, -0.2) is 0 Å². The Hall–Kier alpha value is -3.61. The normalized spacial score (nSPS) is 14.6. The Morgan fingerprint density at radius 3 is 2.42 bits per heavy atom. The molecule has 0 spiro atoms. The highest BCUT2D eigenvalue weighted by Gasteiger charge is 2.22. The number of hydrogen-bond acceptors (Lipinski definition) is 6. The highest BCUT2D eigenvalue weighted by molar-refractivity contribution is 5.82. The molecule has 0 saturated carbocycles. The third kappa shape index (κ3) is 6.57. The number of aryl methyl sites for hydroxylation is 2. The smallest absolute Gasteiger partial charge is 0.200 e. The molecule has 1 saturated heterocycles. The van der Waals surface area contributed by atoms with Crippen molar-refractivity contribution in [3.63, 3.8) is 0 Å². The van der Waals surface area contributed by atoms with Crippen LogP contribution in [0.2, 0.25) is 0 Å². The number of fused-ring (bicyclic) bond motifs is 1. The summed E-state index contributed by atoms with van der Waals surface area (Å²) in [7, 11) is 3.85. The highest BCUT2D eigenvalue weighted by atomic mass is 16.5. The van der Waals surface area contributed by atoms with E-state index in [0.717, 1.165) is 49.7 Å². The fraction of sp³-hybridized carbons (Fsp3) is 0.382. The van der Waals surface area contributed by atoms with E-state index in [9.17, 15) is 4.79 Å². The summed E-state index contributed by atoms with van der Waals surface area (Å²) < 4.78 is 17.1. The third-order valence-corrected chi connectivity index (χ3v) is 8.23. The van der Waals surface area contributed by atoms with Gasteiger partial charge in [0.05, 0.1) is 24.7 Å². The number of nitrogens with zero attached hydrogens (tertiary/aromatic N) is 2. The number of hydrogen-bond donors (Lipinski definition) is 0. The summed E-state index contributed by atoms with van der Waals surface area (Å²) in [6.45, 7) is 9.31. The van der Waals surface area contributed by atoms with Crippen LogP contribution in [0.25, 0.3) is 22.1 Å². The maximum atomic E-state index is 13.1. The van der Waals surface area contributed by atoms with Gasteiger partial charge in [0.1, 0.15) is 23.3 Å². The van der Waals surface area contributed by atoms with Gasteiger partial charge in [-0.3, -0.25) is 9.69 Å². The van der Waals surface area contributed by atoms with E-state index in [1.54, 1.807) is 13.2 Å². The number of ether oxygens (including phenoxy) is 2. The van der Waals surface area contributed by atoms with Crippen LogP contribution in [0, 0.1) is 13.8 Å². The van der Waals surface area contributed by atoms with E-state index < -0.39 is 0 Å². The first-order valence-corrected chi connectivity index (χ1v) is 14.2. The molecule has 0 atom stereocenters. The molecule has 3 aromatic carbocycles. The maximum absolute atomic E-state index is 13.1. The Labute approximate surface area is 237 Å². The lowest BCUT2D eigenvalue weighted by Crippen LogP contribution is -2.43. The zero-order valence-electron chi connectivity index (χ0n) is 24.1. The molecule has 0 aliphatic carbocycles. The van der Waals surface area contributed by atoms with Crippen LogP contribution in [-0.4, -0.2) is 56.2 Å². The van der Waals surface area contributed by atoms with Gasteiger partial charge in [-0.1, -0.05) is 30.3 Å². The molecule has 0 amide bonds. The third-order valence-electron chi connectivity index (χ3n) is 8.23. The monoisotopic (exact) mass is 540 g/mol. The Bertz CT molecular complexity index is 1490. The topological polar surface area (TPSA) is 55.2 Å². The molecule has 6 nitrogen and oxygen atoms in total. The van der Waals surface area contributed by atoms with E-state index in [1.807, 2.05) is 36.4 Å². The molecule has 1 aromatic heterocycles. The SMILES string of the molecule is COc1ccc(-c2coc3cc(OCCCN(C)C4CCN(Cc5ccc(C)c(C)c5)CC4)ccc3c2=O)cc1. The van der Waals surface area contributed by atoms with Crippen LogP contribution >= 0.6 is 0 Å². The lowest BCUT2D eigenvalue weighted by molar-refractivity contribution is 0.118. The molecule has 210 valence electrons. The Balaban J connectivity index is 1.08. The number of likely N-dealkylation sites (tertiary alicyclic amines) is 1. The van der Waals surface area contributed by atoms with Crippen molar-refractivity contribution in [2.75, 3.05) is 40.4 Å². The molecule has 0 unspecified atom stereocenters. The number of methoxy groups -OCH3 is 1. The molecule has 4 aromatic rings. The zero-order chi connectivity index (χ0) is 28.1. The highest BCUT2D eigenvalue weighted by Crippen LogP contribution is 2.25. The summed E-state index contributed by atoms with van der Waals surface area (Å²) in [4.78, 5) is 18.1. The van der Waals surface area contributed by atoms with Crippen LogP contribution in [-0.2, 0) is 6.54 Å². The standard InChI is InChI=1S/C34H40N2O4/c1-24-6-7-26(20-25(24)2)22-36-17-14-28(15-18-36)35(3)16-5-19-39-30-12-13-31-33(21-30)40-23-32(34(31)37)27-8-10-29(38-4)11-9-27/h6-13,20-21,23,28H,5,14-19,22H2,1-4H3. The number of rotatable bonds is 10. The van der Waals surface area contributed by atoms with E-state index in [4.69, 9.17) is 13.9 Å². The molecule has 1 aliphatic heterocycles. The molecule has 2 heterocycles. The van der Waals surface area contributed by atoms with Crippen LogP contribution in [0.1, 0.15) is 36.0 Å². The second-order valence-electron chi connectivity index (χ2n) is 11.0. The average Bonchev–Trinajstić information content (AvgIpc) is 2.98. The second-order valence-corrected chi connectivity index (χ2v) is 11.0. The summed E-state index contributed by atoms with van der Waals surface area (Å²) in [6, 6.07) is 20.3. The van der Waals surface area contributed by atoms with Gasteiger partial charge >= 0.3 is 0 Å². The first kappa shape index (κ1) is 27.9. The van der Waals surface area contributed by atoms with Gasteiger partial charge in [-0.15, -0.1) is 0 Å². The van der Waals surface area contributed by atoms with Crippen molar-refractivity contribution in [1.29, 1.82) is 0 Å². The minimum Gasteiger partial charge on any atom is -0.497 e. The predicted molar refractivity (Wildman–Crippen MR) is 161 cm³/mol. The first-order valence-electron chi connectivity index (χ1n) is 14.2. The van der Waals surface area contributed by atoms with Crippen molar-refractivity contribution in [3.8, 4) is 22.6 Å². The van der Waals surface area contributed by atoms with Crippen molar-refractivity contribution in [2.24, 2.45) is 0 Å². The largest absolute Gasteiger partial charge is 0.497 e. The van der Waals surface area contributed by atoms with Crippen LogP contribution in [0.3, 0.4) is 0 Å². The van der Waals surface area contributed by atoms with E-state index >= 15 is 0 Å². The molecule has 1 fully saturated rings. The lowest BCUT2D eigenvalue weighted by atomic mass is 10.0. The Kier molecular flexibility index (Phi) is 8.88. The van der Waals surface area contributed by atoms with E-state index in [2.05, 4.69) is 48.9 Å². The van der Waals surface area contributed by atoms with Crippen molar-refractivity contribution >= 4 is 11.0 Å². The molecule has 0 bridgehead atoms. The van der Waals surface area contributed by atoms with E-state index in [0.29, 0.717) is 29.2 Å². The van der Waals surface area contributed by atoms with Crippen molar-refractivity contribution in [1.82, 2.24) is 9.80 Å². The zero-order valence-corrected chi connectivity index (χ0v) is 24.1. The van der Waals surface area contributed by atoms with Gasteiger partial charge in [0.25, 0.3) is 0 Å². The maximum Gasteiger partial charge on any atom is 0.200 e. The quantitative estimate of drug-likeness (QED) is 0.216. The van der Waals surface area contributed by atoms with Crippen molar-refractivity contribution in [2.45, 2.75) is 45.7 Å². The predicted octanol–water partition coefficient (Wildman–Crippen LogP) is 6.45. The Morgan fingerprint density at radius 2 is 1.70 bits per heavy atom. The molecular weight excluding hydrogens is 500 g/mol. The van der Waals surface area contributed by atoms with Crippen LogP contribution < -0.4 is 14.9 Å². The van der Waals surface area contributed by atoms with Gasteiger partial charge < -0.3 is 18.8 Å². The summed E-state index contributed by atoms with van der Waals surface area (Å²) in [5.74, 6) is 1.46. The minimum absolute atomic E-state index is 0.0559. The fourth-order valence-corrected chi connectivity index (χ4v) is 5.53. The van der Waals surface area contributed by atoms with Crippen molar-refractivity contribution < 1.29 is 13.9 Å². The van der Waals surface area contributed by atoms with Gasteiger partial charge in [-0.05, 0) is 99.8 Å². The summed E-state index contributed by atoms with van der Waals surface area (Å²) >= 11 is 0. The van der Waals surface area contributed by atoms with Crippen LogP contribution in [0.15, 0.2) is 76.1 Å². The van der Waals surface area contributed by atoms with Crippen LogP contribution in [0.5, 0.6) is 11.5 Å². The van der Waals surface area contributed by atoms with E-state index in [1.165, 1.54) is 35.8 Å². The molecule has 0 N–H and O–H groups in total. The molecule has 6 heteroatoms. The molecule has 1 aliphatic rings. The number of benzene rings is 3. The average molecular weight is 541 g/mol. The summed E-state index contributed by atoms with van der Waals surface area (Å²) in [6.07, 6.45) is 4.87. The summed E-state index contributed by atoms with van der Waals surface area (Å²) in [5.41, 5.74) is 5.96. The van der Waals surface area contributed by atoms with Gasteiger partial charge in [0, 0.05) is 25.2 Å². The van der Waals surface area contributed by atoms with E-state index in [-0.39, 0.29) is 5.43 Å².